The van der Waals surface area contributed by atoms with Gasteiger partial charge in [0.25, 0.3) is 5.69 Å². The van der Waals surface area contributed by atoms with E-state index in [2.05, 4.69) is 5.32 Å². The molecule has 8 heteroatoms. The predicted octanol–water partition coefficient (Wildman–Crippen LogP) is 2.60. The molecule has 25 heavy (non-hydrogen) atoms. The number of non-ortho nitro benzene ring substituents is 1. The number of nitro benzene ring substituents is 1. The number of hydrogen-bond donors (Lipinski definition) is 2. The third kappa shape index (κ3) is 5.58. The molecule has 0 aliphatic rings. The number of carboxylic acid groups (broad SMARTS) is 1. The number of nitrogens with zero attached hydrogens (tertiary/aromatic N) is 1. The lowest BCUT2D eigenvalue weighted by Crippen LogP contribution is -2.43. The number of nitro groups is 1. The average molecular weight is 363 g/mol. The third-order valence-corrected chi connectivity index (χ3v) is 3.68. The smallest absolute Gasteiger partial charge is 0.326 e. The van der Waals surface area contributed by atoms with Crippen molar-refractivity contribution >= 4 is 29.2 Å². The van der Waals surface area contributed by atoms with E-state index in [0.717, 1.165) is 0 Å². The van der Waals surface area contributed by atoms with Gasteiger partial charge in [0.15, 0.2) is 0 Å². The van der Waals surface area contributed by atoms with E-state index in [1.165, 1.54) is 18.2 Å². The second-order valence-electron chi connectivity index (χ2n) is 5.40. The molecule has 0 radical (unpaired) electrons. The van der Waals surface area contributed by atoms with Crippen LogP contribution in [-0.4, -0.2) is 27.9 Å². The van der Waals surface area contributed by atoms with E-state index in [9.17, 15) is 24.8 Å². The lowest BCUT2D eigenvalue weighted by atomic mass is 10.1. The molecule has 0 aliphatic carbocycles. The van der Waals surface area contributed by atoms with Crippen molar-refractivity contribution in [1.82, 2.24) is 5.32 Å². The summed E-state index contributed by atoms with van der Waals surface area (Å²) < 4.78 is 0. The summed E-state index contributed by atoms with van der Waals surface area (Å²) in [5, 5.41) is 23.0. The van der Waals surface area contributed by atoms with Gasteiger partial charge in [-0.05, 0) is 23.3 Å². The van der Waals surface area contributed by atoms with Crippen LogP contribution in [0.3, 0.4) is 0 Å². The third-order valence-electron chi connectivity index (χ3n) is 3.45. The number of halogens is 1. The predicted molar refractivity (Wildman–Crippen MR) is 91.5 cm³/mol. The highest BCUT2D eigenvalue weighted by molar-refractivity contribution is 6.30. The summed E-state index contributed by atoms with van der Waals surface area (Å²) in [5.41, 5.74) is 0.980. The van der Waals surface area contributed by atoms with E-state index in [4.69, 9.17) is 11.6 Å². The van der Waals surface area contributed by atoms with Gasteiger partial charge in [0, 0.05) is 23.6 Å². The highest BCUT2D eigenvalue weighted by Gasteiger charge is 2.21. The van der Waals surface area contributed by atoms with Crippen molar-refractivity contribution in [3.05, 3.63) is 74.8 Å². The van der Waals surface area contributed by atoms with Gasteiger partial charge in [0.2, 0.25) is 5.91 Å². The van der Waals surface area contributed by atoms with Crippen LogP contribution >= 0.6 is 11.6 Å². The molecule has 7 nitrogen and oxygen atoms in total. The van der Waals surface area contributed by atoms with Crippen molar-refractivity contribution in [3.8, 4) is 0 Å². The molecule has 2 aromatic carbocycles. The Morgan fingerprint density at radius 2 is 1.84 bits per heavy atom. The normalized spacial score (nSPS) is 11.6. The van der Waals surface area contributed by atoms with Crippen molar-refractivity contribution < 1.29 is 19.6 Å². The number of nitrogens with one attached hydrogen (secondary N) is 1. The second kappa shape index (κ2) is 8.25. The second-order valence-corrected chi connectivity index (χ2v) is 5.83. The summed E-state index contributed by atoms with van der Waals surface area (Å²) in [4.78, 5) is 33.7. The fraction of sp³-hybridized carbons (Fsp3) is 0.176. The Morgan fingerprint density at radius 1 is 1.16 bits per heavy atom. The summed E-state index contributed by atoms with van der Waals surface area (Å²) in [6, 6.07) is 11.2. The number of benzene rings is 2. The van der Waals surface area contributed by atoms with Crippen LogP contribution < -0.4 is 5.32 Å². The van der Waals surface area contributed by atoms with Crippen LogP contribution in [0.25, 0.3) is 0 Å². The van der Waals surface area contributed by atoms with Gasteiger partial charge in [-0.25, -0.2) is 4.79 Å². The SMILES string of the molecule is O=C(Cc1cccc([N+](=O)[O-])c1)N[C@H](Cc1cccc(Cl)c1)C(=O)O. The Hall–Kier alpha value is -2.93. The van der Waals surface area contributed by atoms with Crippen LogP contribution in [0, 0.1) is 10.1 Å². The summed E-state index contributed by atoms with van der Waals surface area (Å²) >= 11 is 5.87. The van der Waals surface area contributed by atoms with Crippen LogP contribution in [0.15, 0.2) is 48.5 Å². The van der Waals surface area contributed by atoms with E-state index in [0.29, 0.717) is 16.1 Å². The van der Waals surface area contributed by atoms with Gasteiger partial charge < -0.3 is 10.4 Å². The molecule has 130 valence electrons. The maximum absolute atomic E-state index is 12.1. The molecule has 0 bridgehead atoms. The molecule has 2 aromatic rings. The minimum atomic E-state index is -1.17. The Balaban J connectivity index is 2.04. The van der Waals surface area contributed by atoms with Crippen LogP contribution in [0.1, 0.15) is 11.1 Å². The van der Waals surface area contributed by atoms with E-state index < -0.39 is 22.8 Å². The van der Waals surface area contributed by atoms with Crippen molar-refractivity contribution in [2.75, 3.05) is 0 Å². The number of amides is 1. The minimum Gasteiger partial charge on any atom is -0.480 e. The van der Waals surface area contributed by atoms with Gasteiger partial charge in [-0.2, -0.15) is 0 Å². The molecule has 0 saturated heterocycles. The van der Waals surface area contributed by atoms with Crippen LogP contribution in [0.5, 0.6) is 0 Å². The highest BCUT2D eigenvalue weighted by Crippen LogP contribution is 2.14. The Kier molecular flexibility index (Phi) is 6.08. The number of hydrogen-bond acceptors (Lipinski definition) is 4. The van der Waals surface area contributed by atoms with E-state index in [1.807, 2.05) is 0 Å². The van der Waals surface area contributed by atoms with Crippen molar-refractivity contribution in [2.24, 2.45) is 0 Å². The number of carboxylic acids is 1. The first-order valence-electron chi connectivity index (χ1n) is 7.35. The van der Waals surface area contributed by atoms with Gasteiger partial charge >= 0.3 is 5.97 Å². The van der Waals surface area contributed by atoms with Gasteiger partial charge in [-0.15, -0.1) is 0 Å². The first kappa shape index (κ1) is 18.4. The molecule has 0 unspecified atom stereocenters. The van der Waals surface area contributed by atoms with Gasteiger partial charge in [0.05, 0.1) is 11.3 Å². The van der Waals surface area contributed by atoms with Crippen LogP contribution in [0.2, 0.25) is 5.02 Å². The molecule has 0 spiro atoms. The molecule has 1 atom stereocenters. The molecule has 0 aromatic heterocycles. The Morgan fingerprint density at radius 3 is 2.48 bits per heavy atom. The summed E-state index contributed by atoms with van der Waals surface area (Å²) in [7, 11) is 0. The first-order valence-corrected chi connectivity index (χ1v) is 7.73. The number of carbonyl (C=O) groups excluding carboxylic acids is 1. The number of aliphatic carboxylic acids is 1. The Bertz CT molecular complexity index is 809. The molecule has 2 rings (SSSR count). The van der Waals surface area contributed by atoms with Crippen molar-refractivity contribution in [2.45, 2.75) is 18.9 Å². The number of carbonyl (C=O) groups is 2. The fourth-order valence-corrected chi connectivity index (χ4v) is 2.52. The zero-order valence-electron chi connectivity index (χ0n) is 13.0. The van der Waals surface area contributed by atoms with Crippen LogP contribution in [0.4, 0.5) is 5.69 Å². The maximum Gasteiger partial charge on any atom is 0.326 e. The largest absolute Gasteiger partial charge is 0.480 e. The monoisotopic (exact) mass is 362 g/mol. The topological polar surface area (TPSA) is 110 Å². The van der Waals surface area contributed by atoms with Crippen LogP contribution in [-0.2, 0) is 22.4 Å². The van der Waals surface area contributed by atoms with Gasteiger partial charge in [0.1, 0.15) is 6.04 Å². The molecule has 1 amide bonds. The van der Waals surface area contributed by atoms with Crippen molar-refractivity contribution in [3.63, 3.8) is 0 Å². The fourth-order valence-electron chi connectivity index (χ4n) is 2.31. The zero-order chi connectivity index (χ0) is 18.4. The van der Waals surface area contributed by atoms with E-state index >= 15 is 0 Å². The summed E-state index contributed by atoms with van der Waals surface area (Å²) in [6.45, 7) is 0. The molecule has 0 saturated carbocycles. The molecular weight excluding hydrogens is 348 g/mol. The number of rotatable bonds is 7. The summed E-state index contributed by atoms with van der Waals surface area (Å²) in [6.07, 6.45) is -0.0718. The van der Waals surface area contributed by atoms with Crippen molar-refractivity contribution in [1.29, 1.82) is 0 Å². The Labute approximate surface area is 148 Å². The van der Waals surface area contributed by atoms with Gasteiger partial charge in [-0.1, -0.05) is 35.9 Å². The van der Waals surface area contributed by atoms with E-state index in [-0.39, 0.29) is 18.5 Å². The quantitative estimate of drug-likeness (QED) is 0.581. The molecular formula is C17H15ClN2O5. The first-order chi connectivity index (χ1) is 11.8. The lowest BCUT2D eigenvalue weighted by Gasteiger charge is -2.15. The highest BCUT2D eigenvalue weighted by atomic mass is 35.5. The maximum atomic E-state index is 12.1. The molecule has 0 fully saturated rings. The molecule has 0 heterocycles. The van der Waals surface area contributed by atoms with Gasteiger partial charge in [-0.3, -0.25) is 14.9 Å². The van der Waals surface area contributed by atoms with E-state index in [1.54, 1.807) is 30.3 Å². The minimum absolute atomic E-state index is 0.0799. The summed E-state index contributed by atoms with van der Waals surface area (Å²) in [5.74, 6) is -1.71. The molecule has 0 aliphatic heterocycles. The zero-order valence-corrected chi connectivity index (χ0v) is 13.8. The molecule has 2 N–H and O–H groups in total. The lowest BCUT2D eigenvalue weighted by molar-refractivity contribution is -0.384. The standard InChI is InChI=1S/C17H15ClN2O5/c18-13-5-1-3-11(7-13)9-15(17(22)23)19-16(21)10-12-4-2-6-14(8-12)20(24)25/h1-8,15H,9-10H2,(H,19,21)(H,22,23)/t15-/m1/s1. The average Bonchev–Trinajstić information content (AvgIpc) is 2.54.